The largest absolute Gasteiger partial charge is 0.382 e. The van der Waals surface area contributed by atoms with Crippen LogP contribution in [-0.2, 0) is 12.1 Å². The van der Waals surface area contributed by atoms with E-state index >= 15 is 0 Å². The molecule has 1 saturated carbocycles. The van der Waals surface area contributed by atoms with E-state index in [0.29, 0.717) is 53.3 Å². The van der Waals surface area contributed by atoms with Crippen LogP contribution in [0.1, 0.15) is 61.4 Å². The Balaban J connectivity index is 1.35. The molecule has 1 aliphatic heterocycles. The lowest BCUT2D eigenvalue weighted by Crippen LogP contribution is -2.41. The van der Waals surface area contributed by atoms with Crippen molar-refractivity contribution in [3.63, 3.8) is 0 Å². The Labute approximate surface area is 242 Å². The molecule has 2 fully saturated rings. The summed E-state index contributed by atoms with van der Waals surface area (Å²) in [6, 6.07) is 13.0. The monoisotopic (exact) mass is 569 g/mol. The van der Waals surface area contributed by atoms with Gasteiger partial charge in [0.05, 0.1) is 18.4 Å². The first kappa shape index (κ1) is 25.8. The first-order valence-corrected chi connectivity index (χ1v) is 14.5. The summed E-state index contributed by atoms with van der Waals surface area (Å²) in [4.78, 5) is 15.4. The molecule has 0 amide bonds. The summed E-state index contributed by atoms with van der Waals surface area (Å²) in [5, 5.41) is 15.3. The molecule has 5 aromatic rings. The second kappa shape index (κ2) is 10.4. The highest BCUT2D eigenvalue weighted by atomic mass is 35.5. The Morgan fingerprint density at radius 2 is 1.95 bits per heavy atom. The smallest absolute Gasteiger partial charge is 0.196 e. The van der Waals surface area contributed by atoms with Crippen LogP contribution < -0.4 is 16.4 Å². The van der Waals surface area contributed by atoms with Gasteiger partial charge in [0.1, 0.15) is 11.8 Å². The Morgan fingerprint density at radius 1 is 1.07 bits per heavy atom. The summed E-state index contributed by atoms with van der Waals surface area (Å²) >= 11 is 6.85. The van der Waals surface area contributed by atoms with Crippen molar-refractivity contribution in [2.45, 2.75) is 56.5 Å². The number of tetrazole rings is 1. The van der Waals surface area contributed by atoms with Crippen LogP contribution in [0.25, 0.3) is 22.3 Å². The fourth-order valence-corrected chi connectivity index (χ4v) is 6.72. The first-order valence-electron chi connectivity index (χ1n) is 14.1. The van der Waals surface area contributed by atoms with Crippen molar-refractivity contribution in [3.05, 3.63) is 71.0 Å². The average molecular weight is 570 g/mol. The first-order chi connectivity index (χ1) is 20.0. The van der Waals surface area contributed by atoms with E-state index in [0.717, 1.165) is 28.9 Å². The van der Waals surface area contributed by atoms with E-state index in [1.165, 1.54) is 44.0 Å². The van der Waals surface area contributed by atoms with Gasteiger partial charge in [-0.1, -0.05) is 60.3 Å². The number of imidazole rings is 1. The Kier molecular flexibility index (Phi) is 6.55. The highest BCUT2D eigenvalue weighted by Gasteiger charge is 2.40. The summed E-state index contributed by atoms with van der Waals surface area (Å²) in [5.41, 5.74) is 19.2. The van der Waals surface area contributed by atoms with Gasteiger partial charge in [0.15, 0.2) is 17.3 Å². The molecule has 0 bridgehead atoms. The van der Waals surface area contributed by atoms with Gasteiger partial charge in [-0.05, 0) is 54.0 Å². The number of benzene rings is 2. The molecule has 5 N–H and O–H groups in total. The molecule has 0 radical (unpaired) electrons. The van der Waals surface area contributed by atoms with Crippen molar-refractivity contribution in [1.82, 2.24) is 40.1 Å². The molecule has 12 heteroatoms. The van der Waals surface area contributed by atoms with Crippen LogP contribution in [0.2, 0.25) is 5.02 Å². The maximum atomic E-state index is 6.85. The normalized spacial score (nSPS) is 19.8. The van der Waals surface area contributed by atoms with Crippen LogP contribution >= 0.6 is 11.6 Å². The number of H-pyrrole nitrogens is 1. The van der Waals surface area contributed by atoms with Gasteiger partial charge in [0.25, 0.3) is 0 Å². The summed E-state index contributed by atoms with van der Waals surface area (Å²) < 4.78 is 2.01. The quantitative estimate of drug-likeness (QED) is 0.270. The van der Waals surface area contributed by atoms with Gasteiger partial charge in [-0.25, -0.2) is 15.0 Å². The maximum absolute atomic E-state index is 6.85. The van der Waals surface area contributed by atoms with E-state index < -0.39 is 5.54 Å². The van der Waals surface area contributed by atoms with Crippen molar-refractivity contribution < 1.29 is 0 Å². The molecular weight excluding hydrogens is 538 g/mol. The number of nitrogen functional groups attached to an aromatic ring is 1. The molecule has 1 saturated heterocycles. The van der Waals surface area contributed by atoms with Crippen LogP contribution in [0.15, 0.2) is 49.1 Å². The van der Waals surface area contributed by atoms with Gasteiger partial charge >= 0.3 is 0 Å². The van der Waals surface area contributed by atoms with Gasteiger partial charge in [-0.15, -0.1) is 10.2 Å². The Morgan fingerprint density at radius 3 is 2.78 bits per heavy atom. The number of aromatic nitrogens is 8. The lowest BCUT2D eigenvalue weighted by Gasteiger charge is -2.27. The van der Waals surface area contributed by atoms with Crippen molar-refractivity contribution in [2.75, 3.05) is 23.7 Å². The number of hydrogen-bond donors (Lipinski definition) is 3. The highest BCUT2D eigenvalue weighted by Crippen LogP contribution is 2.41. The van der Waals surface area contributed by atoms with E-state index in [1.807, 2.05) is 10.6 Å². The maximum Gasteiger partial charge on any atom is 0.196 e. The van der Waals surface area contributed by atoms with Gasteiger partial charge in [0.2, 0.25) is 0 Å². The summed E-state index contributed by atoms with van der Waals surface area (Å²) in [5.74, 6) is 1.46. The van der Waals surface area contributed by atoms with Gasteiger partial charge in [-0.2, -0.15) is 5.21 Å². The number of nitrogens with one attached hydrogen (secondary N) is 1. The molecular formula is C29H32ClN11. The third kappa shape index (κ3) is 4.78. The van der Waals surface area contributed by atoms with E-state index in [-0.39, 0.29) is 0 Å². The molecule has 1 unspecified atom stereocenters. The Hall–Kier alpha value is -4.09. The standard InChI is InChI=1S/C29H32ClN11/c30-21-12-22(20-8-4-7-19(11-20)18-5-2-1-3-6-18)23(14-41-17-35-25-26(31)33-16-34-27(25)41)24(13-21)40-10-9-29(32,15-40)28-36-38-39-37-28/h4,7-8,11-13,16-18H,1-3,5-6,9-10,14-15,32H2,(H2,31,33,34)(H,36,37,38,39). The van der Waals surface area contributed by atoms with Gasteiger partial charge in [-0.3, -0.25) is 0 Å². The number of aromatic amines is 1. The minimum atomic E-state index is -0.725. The summed E-state index contributed by atoms with van der Waals surface area (Å²) in [6.45, 7) is 1.76. The molecule has 3 aromatic heterocycles. The molecule has 1 aliphatic carbocycles. The number of halogens is 1. The zero-order valence-electron chi connectivity index (χ0n) is 22.7. The van der Waals surface area contributed by atoms with Crippen molar-refractivity contribution in [3.8, 4) is 11.1 Å². The minimum absolute atomic E-state index is 0.359. The topological polar surface area (TPSA) is 153 Å². The predicted molar refractivity (Wildman–Crippen MR) is 158 cm³/mol. The molecule has 0 spiro atoms. The zero-order valence-corrected chi connectivity index (χ0v) is 23.4. The SMILES string of the molecule is Nc1ncnc2c1ncn2Cc1c(-c2cccc(C3CCCCC3)c2)cc(Cl)cc1N1CCC(N)(c2nn[nH]n2)C1. The predicted octanol–water partition coefficient (Wildman–Crippen LogP) is 4.40. The number of fused-ring (bicyclic) bond motifs is 1. The molecule has 2 aliphatic rings. The molecule has 7 rings (SSSR count). The summed E-state index contributed by atoms with van der Waals surface area (Å²) in [6.07, 6.45) is 10.3. The fraction of sp³-hybridized carbons (Fsp3) is 0.379. The third-order valence-corrected chi connectivity index (χ3v) is 8.87. The van der Waals surface area contributed by atoms with Crippen LogP contribution in [0, 0.1) is 0 Å². The molecule has 2 aromatic carbocycles. The van der Waals surface area contributed by atoms with E-state index in [9.17, 15) is 0 Å². The van der Waals surface area contributed by atoms with E-state index in [1.54, 1.807) is 6.33 Å². The lowest BCUT2D eigenvalue weighted by atomic mass is 9.83. The molecule has 4 heterocycles. The van der Waals surface area contributed by atoms with Crippen LogP contribution in [0.4, 0.5) is 11.5 Å². The highest BCUT2D eigenvalue weighted by molar-refractivity contribution is 6.31. The second-order valence-electron chi connectivity index (χ2n) is 11.3. The number of rotatable bonds is 6. The van der Waals surface area contributed by atoms with Gasteiger partial charge in [0, 0.05) is 29.4 Å². The van der Waals surface area contributed by atoms with E-state index in [4.69, 9.17) is 23.1 Å². The molecule has 210 valence electrons. The van der Waals surface area contributed by atoms with Crippen molar-refractivity contribution in [2.24, 2.45) is 5.73 Å². The third-order valence-electron chi connectivity index (χ3n) is 8.66. The minimum Gasteiger partial charge on any atom is -0.382 e. The van der Waals surface area contributed by atoms with E-state index in [2.05, 4.69) is 70.8 Å². The zero-order chi connectivity index (χ0) is 28.0. The van der Waals surface area contributed by atoms with Crippen molar-refractivity contribution in [1.29, 1.82) is 0 Å². The number of anilines is 2. The number of nitrogens with zero attached hydrogens (tertiary/aromatic N) is 8. The molecule has 11 nitrogen and oxygen atoms in total. The molecule has 1 atom stereocenters. The molecule has 41 heavy (non-hydrogen) atoms. The number of hydrogen-bond acceptors (Lipinski definition) is 9. The van der Waals surface area contributed by atoms with Crippen LogP contribution in [0.5, 0.6) is 0 Å². The Bertz CT molecular complexity index is 1690. The van der Waals surface area contributed by atoms with Crippen LogP contribution in [0.3, 0.4) is 0 Å². The summed E-state index contributed by atoms with van der Waals surface area (Å²) in [7, 11) is 0. The van der Waals surface area contributed by atoms with Crippen molar-refractivity contribution >= 4 is 34.3 Å². The average Bonchev–Trinajstić information content (AvgIpc) is 3.76. The van der Waals surface area contributed by atoms with Crippen LogP contribution in [-0.4, -0.2) is 53.2 Å². The van der Waals surface area contributed by atoms with Gasteiger partial charge < -0.3 is 20.9 Å². The number of nitrogens with two attached hydrogens (primary N) is 2. The second-order valence-corrected chi connectivity index (χ2v) is 11.7. The lowest BCUT2D eigenvalue weighted by molar-refractivity contribution is 0.444. The fourth-order valence-electron chi connectivity index (χ4n) is 6.50.